The number of aliphatic imine (C=N–C) groups is 1. The summed E-state index contributed by atoms with van der Waals surface area (Å²) in [5.41, 5.74) is 9.57. The molecule has 0 bridgehead atoms. The molecular formula is C18H20N6. The number of aryl methyl sites for hydroxylation is 4. The molecule has 0 aliphatic carbocycles. The molecule has 4 rings (SSSR count). The van der Waals surface area contributed by atoms with E-state index in [0.29, 0.717) is 0 Å². The molecule has 3 aromatic rings. The van der Waals surface area contributed by atoms with Crippen LogP contribution in [0.5, 0.6) is 0 Å². The molecule has 0 radical (unpaired) electrons. The van der Waals surface area contributed by atoms with E-state index in [1.165, 1.54) is 0 Å². The summed E-state index contributed by atoms with van der Waals surface area (Å²) in [6.45, 7) is 12.0. The van der Waals surface area contributed by atoms with Gasteiger partial charge in [0.2, 0.25) is 0 Å². The number of nitrogens with one attached hydrogen (secondary N) is 1. The SMILES string of the molecule is CC1=Nc2c(c3nc(C)c(C)nc3c3nc(C)c(C)nc23)NC1C. The third-order valence-electron chi connectivity index (χ3n) is 4.81. The van der Waals surface area contributed by atoms with Crippen LogP contribution < -0.4 is 5.32 Å². The minimum Gasteiger partial charge on any atom is -0.374 e. The second kappa shape index (κ2) is 4.93. The summed E-state index contributed by atoms with van der Waals surface area (Å²) in [5.74, 6) is 0. The Labute approximate surface area is 140 Å². The van der Waals surface area contributed by atoms with Gasteiger partial charge in [0.15, 0.2) is 0 Å². The minimum atomic E-state index is 0.154. The quantitative estimate of drug-likeness (QED) is 0.639. The molecule has 24 heavy (non-hydrogen) atoms. The lowest BCUT2D eigenvalue weighted by Crippen LogP contribution is -2.27. The number of rotatable bonds is 0. The van der Waals surface area contributed by atoms with Crippen molar-refractivity contribution in [2.45, 2.75) is 47.6 Å². The topological polar surface area (TPSA) is 76.0 Å². The van der Waals surface area contributed by atoms with Crippen molar-refractivity contribution in [3.05, 3.63) is 22.8 Å². The van der Waals surface area contributed by atoms with E-state index >= 15 is 0 Å². The molecule has 0 saturated carbocycles. The third-order valence-corrected chi connectivity index (χ3v) is 4.81. The van der Waals surface area contributed by atoms with Crippen LogP contribution in [0, 0.1) is 27.7 Å². The van der Waals surface area contributed by atoms with Crippen molar-refractivity contribution in [3.8, 4) is 0 Å². The van der Waals surface area contributed by atoms with Gasteiger partial charge in [-0.2, -0.15) is 0 Å². The molecule has 3 heterocycles. The average Bonchev–Trinajstić information content (AvgIpc) is 2.53. The van der Waals surface area contributed by atoms with E-state index < -0.39 is 0 Å². The Hall–Kier alpha value is -2.63. The Balaban J connectivity index is 2.28. The Morgan fingerprint density at radius 3 is 1.71 bits per heavy atom. The minimum absolute atomic E-state index is 0.154. The molecule has 6 nitrogen and oxygen atoms in total. The number of aromatic nitrogens is 4. The smallest absolute Gasteiger partial charge is 0.119 e. The molecule has 1 unspecified atom stereocenters. The van der Waals surface area contributed by atoms with Gasteiger partial charge < -0.3 is 5.32 Å². The van der Waals surface area contributed by atoms with E-state index in [1.807, 2.05) is 34.6 Å². The Kier molecular flexibility index (Phi) is 3.07. The molecule has 6 heteroatoms. The predicted octanol–water partition coefficient (Wildman–Crippen LogP) is 3.71. The molecule has 1 N–H and O–H groups in total. The van der Waals surface area contributed by atoms with Crippen molar-refractivity contribution >= 4 is 39.2 Å². The number of hydrogen-bond donors (Lipinski definition) is 1. The fraction of sp³-hybridized carbons (Fsp3) is 0.389. The van der Waals surface area contributed by atoms with Gasteiger partial charge in [-0.1, -0.05) is 0 Å². The van der Waals surface area contributed by atoms with Crippen molar-refractivity contribution in [3.63, 3.8) is 0 Å². The predicted molar refractivity (Wildman–Crippen MR) is 97.4 cm³/mol. The van der Waals surface area contributed by atoms with Crippen LogP contribution in [0.25, 0.3) is 22.1 Å². The van der Waals surface area contributed by atoms with Crippen LogP contribution >= 0.6 is 0 Å². The first-order chi connectivity index (χ1) is 11.4. The molecule has 0 saturated heterocycles. The highest BCUT2D eigenvalue weighted by Gasteiger charge is 2.25. The van der Waals surface area contributed by atoms with E-state index in [9.17, 15) is 0 Å². The van der Waals surface area contributed by atoms with Gasteiger partial charge in [0.05, 0.1) is 34.5 Å². The standard InChI is InChI=1S/C18H20N6/c1-7-8(2)20-14-13(19-7)15-17(23-10(4)9(3)21-15)18-16(14)22-11(5)12(6)24-18/h7,19H,1-6H3. The zero-order valence-electron chi connectivity index (χ0n) is 14.8. The number of nitrogens with zero attached hydrogens (tertiary/aromatic N) is 5. The normalized spacial score (nSPS) is 16.9. The summed E-state index contributed by atoms with van der Waals surface area (Å²) >= 11 is 0. The summed E-state index contributed by atoms with van der Waals surface area (Å²) in [6, 6.07) is 0.154. The van der Waals surface area contributed by atoms with Crippen molar-refractivity contribution in [1.29, 1.82) is 0 Å². The molecule has 2 aromatic heterocycles. The summed E-state index contributed by atoms with van der Waals surface area (Å²) < 4.78 is 0. The summed E-state index contributed by atoms with van der Waals surface area (Å²) in [6.07, 6.45) is 0. The van der Waals surface area contributed by atoms with Crippen LogP contribution in [0.4, 0.5) is 11.4 Å². The first kappa shape index (κ1) is 14.9. The molecule has 1 aromatic carbocycles. The van der Waals surface area contributed by atoms with Gasteiger partial charge in [0.25, 0.3) is 0 Å². The van der Waals surface area contributed by atoms with Crippen molar-refractivity contribution in [2.75, 3.05) is 5.32 Å². The lowest BCUT2D eigenvalue weighted by Gasteiger charge is -2.24. The first-order valence-electron chi connectivity index (χ1n) is 8.14. The van der Waals surface area contributed by atoms with E-state index in [0.717, 1.165) is 61.9 Å². The van der Waals surface area contributed by atoms with Gasteiger partial charge in [-0.25, -0.2) is 19.9 Å². The third kappa shape index (κ3) is 1.99. The lowest BCUT2D eigenvalue weighted by molar-refractivity contribution is 1.01. The van der Waals surface area contributed by atoms with Crippen LogP contribution in [0.2, 0.25) is 0 Å². The van der Waals surface area contributed by atoms with Crippen LogP contribution in [0.15, 0.2) is 4.99 Å². The highest BCUT2D eigenvalue weighted by molar-refractivity contribution is 6.16. The van der Waals surface area contributed by atoms with Gasteiger partial charge in [-0.15, -0.1) is 0 Å². The fourth-order valence-electron chi connectivity index (χ4n) is 2.95. The van der Waals surface area contributed by atoms with Gasteiger partial charge in [-0.3, -0.25) is 4.99 Å². The molecule has 0 fully saturated rings. The zero-order chi connectivity index (χ0) is 17.2. The number of fused-ring (bicyclic) bond motifs is 6. The average molecular weight is 320 g/mol. The molecule has 122 valence electrons. The second-order valence-corrected chi connectivity index (χ2v) is 6.53. The second-order valence-electron chi connectivity index (χ2n) is 6.53. The Morgan fingerprint density at radius 1 is 0.667 bits per heavy atom. The van der Waals surface area contributed by atoms with Crippen LogP contribution in [-0.2, 0) is 0 Å². The molecular weight excluding hydrogens is 300 g/mol. The summed E-state index contributed by atoms with van der Waals surface area (Å²) in [4.78, 5) is 23.9. The highest BCUT2D eigenvalue weighted by atomic mass is 15.0. The maximum absolute atomic E-state index is 4.81. The number of benzene rings is 1. The van der Waals surface area contributed by atoms with Gasteiger partial charge in [-0.05, 0) is 41.5 Å². The van der Waals surface area contributed by atoms with Gasteiger partial charge in [0, 0.05) is 5.71 Å². The number of hydrogen-bond acceptors (Lipinski definition) is 6. The molecule has 0 spiro atoms. The van der Waals surface area contributed by atoms with Crippen LogP contribution in [0.3, 0.4) is 0 Å². The van der Waals surface area contributed by atoms with Gasteiger partial charge in [0.1, 0.15) is 27.8 Å². The van der Waals surface area contributed by atoms with Crippen LogP contribution in [0.1, 0.15) is 36.6 Å². The van der Waals surface area contributed by atoms with E-state index in [1.54, 1.807) is 0 Å². The lowest BCUT2D eigenvalue weighted by atomic mass is 10.1. The first-order valence-corrected chi connectivity index (χ1v) is 8.14. The Morgan fingerprint density at radius 2 is 1.12 bits per heavy atom. The molecule has 0 amide bonds. The number of anilines is 1. The monoisotopic (exact) mass is 320 g/mol. The zero-order valence-corrected chi connectivity index (χ0v) is 14.8. The van der Waals surface area contributed by atoms with Crippen LogP contribution in [-0.4, -0.2) is 31.7 Å². The maximum Gasteiger partial charge on any atom is 0.119 e. The molecule has 1 aliphatic rings. The molecule has 1 aliphatic heterocycles. The molecule has 1 atom stereocenters. The van der Waals surface area contributed by atoms with E-state index in [2.05, 4.69) is 12.2 Å². The maximum atomic E-state index is 4.81. The summed E-state index contributed by atoms with van der Waals surface area (Å²) in [7, 11) is 0. The van der Waals surface area contributed by atoms with Gasteiger partial charge >= 0.3 is 0 Å². The van der Waals surface area contributed by atoms with E-state index in [-0.39, 0.29) is 6.04 Å². The van der Waals surface area contributed by atoms with Crippen molar-refractivity contribution in [2.24, 2.45) is 4.99 Å². The largest absolute Gasteiger partial charge is 0.374 e. The van der Waals surface area contributed by atoms with Crippen molar-refractivity contribution < 1.29 is 0 Å². The highest BCUT2D eigenvalue weighted by Crippen LogP contribution is 2.42. The Bertz CT molecular complexity index is 1050. The fourth-order valence-corrected chi connectivity index (χ4v) is 2.95. The van der Waals surface area contributed by atoms with Crippen molar-refractivity contribution in [1.82, 2.24) is 19.9 Å². The van der Waals surface area contributed by atoms with E-state index in [4.69, 9.17) is 24.9 Å². The summed E-state index contributed by atoms with van der Waals surface area (Å²) in [5, 5.41) is 3.52.